The van der Waals surface area contributed by atoms with Crippen molar-refractivity contribution in [2.24, 2.45) is 22.7 Å². The number of phenols is 1. The zero-order chi connectivity index (χ0) is 31.7. The molecule has 1 spiro atoms. The summed E-state index contributed by atoms with van der Waals surface area (Å²) in [5.41, 5.74) is -0.191. The Bertz CT molecular complexity index is 1340. The molecule has 1 unspecified atom stereocenters. The summed E-state index contributed by atoms with van der Waals surface area (Å²) in [6.07, 6.45) is 2.64. The number of rotatable bonds is 8. The molecular formula is C33H40O10. The molecule has 1 aliphatic heterocycles. The SMILES string of the molecule is C=C/C(C)=C/C[C@]1(C)[C@H](C)C[C@H](OC(=O)c2ccc(O)cc2)C23C(=C[C@H](OC(C)=O)C[C@H]21)[C@@H](OC(C)=O)O[C@H]3OC(C)=O. The van der Waals surface area contributed by atoms with E-state index in [1.165, 1.54) is 45.0 Å². The third kappa shape index (κ3) is 6.11. The van der Waals surface area contributed by atoms with E-state index in [1.807, 2.05) is 6.92 Å². The maximum absolute atomic E-state index is 13.6. The van der Waals surface area contributed by atoms with Crippen molar-refractivity contribution in [3.63, 3.8) is 0 Å². The van der Waals surface area contributed by atoms with Gasteiger partial charge in [0.2, 0.25) is 12.6 Å². The molecule has 1 N–H and O–H groups in total. The lowest BCUT2D eigenvalue weighted by atomic mass is 9.45. The van der Waals surface area contributed by atoms with Crippen LogP contribution in [0.3, 0.4) is 0 Å². The van der Waals surface area contributed by atoms with E-state index in [4.69, 9.17) is 23.7 Å². The molecule has 0 amide bonds. The van der Waals surface area contributed by atoms with E-state index in [0.29, 0.717) is 24.8 Å². The Morgan fingerprint density at radius 1 is 0.977 bits per heavy atom. The Hall–Kier alpha value is -3.92. The molecule has 10 nitrogen and oxygen atoms in total. The average molecular weight is 597 g/mol. The van der Waals surface area contributed by atoms with E-state index in [-0.39, 0.29) is 17.2 Å². The molecule has 10 heteroatoms. The van der Waals surface area contributed by atoms with Gasteiger partial charge in [-0.05, 0) is 73.8 Å². The van der Waals surface area contributed by atoms with Gasteiger partial charge in [-0.25, -0.2) is 4.79 Å². The van der Waals surface area contributed by atoms with Crippen molar-refractivity contribution in [3.8, 4) is 5.75 Å². The van der Waals surface area contributed by atoms with Gasteiger partial charge < -0.3 is 24.1 Å². The molecule has 1 heterocycles. The fourth-order valence-corrected chi connectivity index (χ4v) is 6.99. The van der Waals surface area contributed by atoms with Gasteiger partial charge in [-0.3, -0.25) is 19.1 Å². The van der Waals surface area contributed by atoms with E-state index in [1.54, 1.807) is 12.2 Å². The zero-order valence-electron chi connectivity index (χ0n) is 25.5. The summed E-state index contributed by atoms with van der Waals surface area (Å²) in [6.45, 7) is 13.8. The minimum absolute atomic E-state index is 0.00233. The lowest BCUT2D eigenvalue weighted by Crippen LogP contribution is -2.64. The van der Waals surface area contributed by atoms with Crippen LogP contribution in [0.15, 0.2) is 60.2 Å². The van der Waals surface area contributed by atoms with Gasteiger partial charge in [0, 0.05) is 26.3 Å². The van der Waals surface area contributed by atoms with Crippen molar-refractivity contribution in [2.45, 2.75) is 85.6 Å². The number of allylic oxidation sites excluding steroid dienone is 3. The van der Waals surface area contributed by atoms with Crippen LogP contribution in [0.5, 0.6) is 5.75 Å². The molecule has 2 fully saturated rings. The lowest BCUT2D eigenvalue weighted by molar-refractivity contribution is -0.253. The summed E-state index contributed by atoms with van der Waals surface area (Å²) >= 11 is 0. The number of aromatic hydroxyl groups is 1. The fourth-order valence-electron chi connectivity index (χ4n) is 6.99. The van der Waals surface area contributed by atoms with Gasteiger partial charge in [-0.2, -0.15) is 0 Å². The molecule has 4 rings (SSSR count). The first-order valence-corrected chi connectivity index (χ1v) is 14.4. The Kier molecular flexibility index (Phi) is 9.20. The molecule has 1 saturated carbocycles. The molecule has 8 atom stereocenters. The second kappa shape index (κ2) is 12.4. The van der Waals surface area contributed by atoms with E-state index in [0.717, 1.165) is 5.57 Å². The number of carbonyl (C=O) groups excluding carboxylic acids is 4. The predicted molar refractivity (Wildman–Crippen MR) is 154 cm³/mol. The Balaban J connectivity index is 1.95. The number of carbonyl (C=O) groups is 4. The minimum atomic E-state index is -1.29. The van der Waals surface area contributed by atoms with Crippen LogP contribution in [-0.4, -0.2) is 53.8 Å². The van der Waals surface area contributed by atoms with Gasteiger partial charge in [0.15, 0.2) is 0 Å². The third-order valence-electron chi connectivity index (χ3n) is 9.22. The maximum atomic E-state index is 13.6. The van der Waals surface area contributed by atoms with Crippen LogP contribution in [0.2, 0.25) is 0 Å². The number of hydrogen-bond acceptors (Lipinski definition) is 10. The molecule has 3 aliphatic rings. The van der Waals surface area contributed by atoms with Crippen LogP contribution < -0.4 is 0 Å². The highest BCUT2D eigenvalue weighted by molar-refractivity contribution is 5.89. The zero-order valence-corrected chi connectivity index (χ0v) is 25.5. The first kappa shape index (κ1) is 32.0. The van der Waals surface area contributed by atoms with Gasteiger partial charge in [-0.15, -0.1) is 0 Å². The van der Waals surface area contributed by atoms with Gasteiger partial charge in [0.1, 0.15) is 23.4 Å². The first-order valence-electron chi connectivity index (χ1n) is 14.4. The molecule has 2 aliphatic carbocycles. The number of phenolic OH excluding ortho intramolecular Hbond substituents is 1. The highest BCUT2D eigenvalue weighted by Gasteiger charge is 2.72. The molecule has 43 heavy (non-hydrogen) atoms. The summed E-state index contributed by atoms with van der Waals surface area (Å²) in [4.78, 5) is 50.4. The third-order valence-corrected chi connectivity index (χ3v) is 9.22. The second-order valence-corrected chi connectivity index (χ2v) is 11.9. The summed E-state index contributed by atoms with van der Waals surface area (Å²) in [5, 5.41) is 9.73. The van der Waals surface area contributed by atoms with Crippen molar-refractivity contribution in [1.29, 1.82) is 0 Å². The molecule has 1 aromatic carbocycles. The Labute approximate surface area is 251 Å². The number of hydrogen-bond donors (Lipinski definition) is 1. The van der Waals surface area contributed by atoms with Crippen molar-refractivity contribution < 1.29 is 48.0 Å². The lowest BCUT2D eigenvalue weighted by Gasteiger charge is -2.60. The largest absolute Gasteiger partial charge is 0.508 e. The van der Waals surface area contributed by atoms with Gasteiger partial charge >= 0.3 is 23.9 Å². The van der Waals surface area contributed by atoms with Crippen LogP contribution in [0, 0.1) is 22.7 Å². The Morgan fingerprint density at radius 3 is 2.19 bits per heavy atom. The molecular weight excluding hydrogens is 556 g/mol. The summed E-state index contributed by atoms with van der Waals surface area (Å²) in [7, 11) is 0. The number of ether oxygens (including phenoxy) is 5. The van der Waals surface area contributed by atoms with Crippen molar-refractivity contribution in [2.75, 3.05) is 0 Å². The van der Waals surface area contributed by atoms with E-state index in [2.05, 4.69) is 26.5 Å². The standard InChI is InChI=1S/C33H40O10/c1-8-18(2)13-14-32(7)19(3)15-28(42-29(38)23-9-11-24(37)12-10-23)33-26(16-25(17-27(32)33)39-20(4)34)30(40-21(5)35)43-31(33)41-22(6)36/h8-13,16,19,25,27-28,30-31,37H,1,14-15,17H2,2-7H3/b18-13+/t19-,25+,27+,28+,30+,31-,32-,33?/m1/s1. The molecule has 0 bridgehead atoms. The molecule has 232 valence electrons. The van der Waals surface area contributed by atoms with Gasteiger partial charge in [-0.1, -0.05) is 38.2 Å². The monoisotopic (exact) mass is 596 g/mol. The minimum Gasteiger partial charge on any atom is -0.508 e. The quantitative estimate of drug-likeness (QED) is 0.186. The van der Waals surface area contributed by atoms with Gasteiger partial charge in [0.25, 0.3) is 0 Å². The number of esters is 4. The van der Waals surface area contributed by atoms with Crippen molar-refractivity contribution >= 4 is 23.9 Å². The topological polar surface area (TPSA) is 135 Å². The van der Waals surface area contributed by atoms with Crippen LogP contribution in [0.25, 0.3) is 0 Å². The summed E-state index contributed by atoms with van der Waals surface area (Å²) in [6, 6.07) is 5.69. The van der Waals surface area contributed by atoms with Crippen molar-refractivity contribution in [1.82, 2.24) is 0 Å². The van der Waals surface area contributed by atoms with Crippen LogP contribution in [-0.2, 0) is 38.1 Å². The van der Waals surface area contributed by atoms with Gasteiger partial charge in [0.05, 0.1) is 5.56 Å². The fraction of sp³-hybridized carbons (Fsp3) is 0.515. The van der Waals surface area contributed by atoms with E-state index in [9.17, 15) is 24.3 Å². The van der Waals surface area contributed by atoms with Crippen LogP contribution in [0.1, 0.15) is 71.2 Å². The second-order valence-electron chi connectivity index (χ2n) is 11.9. The highest BCUT2D eigenvalue weighted by Crippen LogP contribution is 2.68. The van der Waals surface area contributed by atoms with Crippen LogP contribution >= 0.6 is 0 Å². The first-order chi connectivity index (χ1) is 20.2. The van der Waals surface area contributed by atoms with Crippen molar-refractivity contribution in [3.05, 3.63) is 65.8 Å². The average Bonchev–Trinajstić information content (AvgIpc) is 3.21. The smallest absolute Gasteiger partial charge is 0.338 e. The maximum Gasteiger partial charge on any atom is 0.338 e. The summed E-state index contributed by atoms with van der Waals surface area (Å²) < 4.78 is 29.6. The normalized spacial score (nSPS) is 33.3. The predicted octanol–water partition coefficient (Wildman–Crippen LogP) is 5.16. The molecule has 1 saturated heterocycles. The van der Waals surface area contributed by atoms with Crippen LogP contribution in [0.4, 0.5) is 0 Å². The Morgan fingerprint density at radius 2 is 1.60 bits per heavy atom. The molecule has 1 aromatic rings. The molecule has 0 radical (unpaired) electrons. The molecule has 0 aromatic heterocycles. The number of benzene rings is 1. The highest BCUT2D eigenvalue weighted by atomic mass is 16.8. The summed E-state index contributed by atoms with van der Waals surface area (Å²) in [5.74, 6) is -2.88. The van der Waals surface area contributed by atoms with E-state index >= 15 is 0 Å². The van der Waals surface area contributed by atoms with E-state index < -0.39 is 65.4 Å².